The summed E-state index contributed by atoms with van der Waals surface area (Å²) >= 11 is 0. The number of sulfonamides is 1. The minimum atomic E-state index is -3.64. The van der Waals surface area contributed by atoms with E-state index < -0.39 is 22.0 Å². The van der Waals surface area contributed by atoms with Gasteiger partial charge in [0.2, 0.25) is 21.8 Å². The second-order valence-electron chi connectivity index (χ2n) is 7.32. The highest BCUT2D eigenvalue weighted by Crippen LogP contribution is 2.23. The second kappa shape index (κ2) is 9.82. The summed E-state index contributed by atoms with van der Waals surface area (Å²) in [5.74, 6) is -1.12. The zero-order valence-electron chi connectivity index (χ0n) is 16.8. The molecule has 0 saturated carbocycles. The molecular formula is C21H26N4O4S. The van der Waals surface area contributed by atoms with Gasteiger partial charge < -0.3 is 10.6 Å². The van der Waals surface area contributed by atoms with E-state index in [1.165, 1.54) is 4.31 Å². The van der Waals surface area contributed by atoms with E-state index >= 15 is 0 Å². The number of aromatic nitrogens is 1. The number of hydrogen-bond acceptors (Lipinski definition) is 5. The Labute approximate surface area is 176 Å². The van der Waals surface area contributed by atoms with Gasteiger partial charge in [0.25, 0.3) is 0 Å². The van der Waals surface area contributed by atoms with Crippen molar-refractivity contribution < 1.29 is 18.0 Å². The molecule has 1 aliphatic rings. The molecule has 1 saturated heterocycles. The molecule has 160 valence electrons. The molecule has 1 aromatic carbocycles. The molecule has 0 aliphatic carbocycles. The summed E-state index contributed by atoms with van der Waals surface area (Å²) in [6, 6.07) is 11.1. The largest absolute Gasteiger partial charge is 0.350 e. The Morgan fingerprint density at radius 3 is 2.67 bits per heavy atom. The van der Waals surface area contributed by atoms with Crippen molar-refractivity contribution >= 4 is 21.8 Å². The van der Waals surface area contributed by atoms with Crippen LogP contribution in [0.5, 0.6) is 0 Å². The lowest BCUT2D eigenvalue weighted by atomic mass is 9.98. The molecule has 2 N–H and O–H groups in total. The summed E-state index contributed by atoms with van der Waals surface area (Å²) in [6.07, 6.45) is 4.48. The summed E-state index contributed by atoms with van der Waals surface area (Å²) in [4.78, 5) is 29.2. The fourth-order valence-electron chi connectivity index (χ4n) is 3.36. The predicted molar refractivity (Wildman–Crippen MR) is 112 cm³/mol. The van der Waals surface area contributed by atoms with Crippen molar-refractivity contribution in [1.82, 2.24) is 19.9 Å². The van der Waals surface area contributed by atoms with Crippen LogP contribution in [0.4, 0.5) is 0 Å². The van der Waals surface area contributed by atoms with Gasteiger partial charge in [-0.3, -0.25) is 14.6 Å². The zero-order chi connectivity index (χ0) is 21.6. The molecule has 1 aromatic heterocycles. The van der Waals surface area contributed by atoms with Crippen LogP contribution in [0.15, 0.2) is 59.8 Å². The standard InChI is InChI=1S/C21H26N4O4S/c1-16(20(26)23-14-17-7-5-11-22-13-17)24-21(27)18-8-6-12-25(15-18)30(28,29)19-9-3-2-4-10-19/h2-5,7,9-11,13,16,18H,6,8,12,14-15H2,1H3,(H,23,26)(H,24,27)/t16-,18-/m0/s1. The van der Waals surface area contributed by atoms with Crippen LogP contribution < -0.4 is 10.6 Å². The summed E-state index contributed by atoms with van der Waals surface area (Å²) in [7, 11) is -3.64. The number of nitrogens with one attached hydrogen (secondary N) is 2. The van der Waals surface area contributed by atoms with Crippen molar-refractivity contribution in [1.29, 1.82) is 0 Å². The van der Waals surface area contributed by atoms with Crippen molar-refractivity contribution in [3.8, 4) is 0 Å². The number of rotatable bonds is 7. The fourth-order valence-corrected chi connectivity index (χ4v) is 4.90. The Bertz CT molecular complexity index is 967. The molecule has 9 heteroatoms. The third-order valence-corrected chi connectivity index (χ3v) is 6.96. The number of carbonyl (C=O) groups excluding carboxylic acids is 2. The smallest absolute Gasteiger partial charge is 0.243 e. The van der Waals surface area contributed by atoms with Gasteiger partial charge in [-0.2, -0.15) is 4.31 Å². The van der Waals surface area contributed by atoms with Gasteiger partial charge in [0.1, 0.15) is 6.04 Å². The third kappa shape index (κ3) is 5.43. The van der Waals surface area contributed by atoms with E-state index in [9.17, 15) is 18.0 Å². The monoisotopic (exact) mass is 430 g/mol. The summed E-state index contributed by atoms with van der Waals surface area (Å²) in [5, 5.41) is 5.47. The van der Waals surface area contributed by atoms with Gasteiger partial charge in [0.15, 0.2) is 0 Å². The average molecular weight is 431 g/mol. The number of pyridine rings is 1. The molecular weight excluding hydrogens is 404 g/mol. The van der Waals surface area contributed by atoms with E-state index in [4.69, 9.17) is 0 Å². The molecule has 1 aliphatic heterocycles. The number of amides is 2. The minimum Gasteiger partial charge on any atom is -0.350 e. The van der Waals surface area contributed by atoms with Crippen LogP contribution in [0.3, 0.4) is 0 Å². The summed E-state index contributed by atoms with van der Waals surface area (Å²) in [6.45, 7) is 2.41. The molecule has 3 rings (SSSR count). The molecule has 0 bridgehead atoms. The van der Waals surface area contributed by atoms with Gasteiger partial charge >= 0.3 is 0 Å². The fraction of sp³-hybridized carbons (Fsp3) is 0.381. The molecule has 2 amide bonds. The first-order valence-electron chi connectivity index (χ1n) is 9.90. The highest BCUT2D eigenvalue weighted by atomic mass is 32.2. The number of piperidine rings is 1. The molecule has 0 unspecified atom stereocenters. The summed E-state index contributed by atoms with van der Waals surface area (Å²) < 4.78 is 27.0. The van der Waals surface area contributed by atoms with Gasteiger partial charge in [-0.25, -0.2) is 8.42 Å². The van der Waals surface area contributed by atoms with Crippen molar-refractivity contribution in [2.24, 2.45) is 5.92 Å². The van der Waals surface area contributed by atoms with Gasteiger partial charge in [0, 0.05) is 32.0 Å². The van der Waals surface area contributed by atoms with Crippen molar-refractivity contribution in [3.05, 3.63) is 60.4 Å². The second-order valence-corrected chi connectivity index (χ2v) is 9.26. The Morgan fingerprint density at radius 2 is 1.97 bits per heavy atom. The van der Waals surface area contributed by atoms with Crippen molar-refractivity contribution in [3.63, 3.8) is 0 Å². The van der Waals surface area contributed by atoms with Crippen LogP contribution in [-0.4, -0.2) is 48.7 Å². The van der Waals surface area contributed by atoms with E-state index in [0.717, 1.165) is 5.56 Å². The Kier molecular flexibility index (Phi) is 7.17. The van der Waals surface area contributed by atoms with Crippen molar-refractivity contribution in [2.75, 3.05) is 13.1 Å². The molecule has 8 nitrogen and oxygen atoms in total. The van der Waals surface area contributed by atoms with E-state index in [-0.39, 0.29) is 23.3 Å². The molecule has 2 atom stereocenters. The summed E-state index contributed by atoms with van der Waals surface area (Å²) in [5.41, 5.74) is 0.860. The van der Waals surface area contributed by atoms with Crippen LogP contribution in [0.2, 0.25) is 0 Å². The number of hydrogen-bond donors (Lipinski definition) is 2. The number of nitrogens with zero attached hydrogens (tertiary/aromatic N) is 2. The number of carbonyl (C=O) groups is 2. The maximum atomic E-state index is 12.8. The van der Waals surface area contributed by atoms with Crippen molar-refractivity contribution in [2.45, 2.75) is 37.2 Å². The Hall–Kier alpha value is -2.78. The SMILES string of the molecule is C[C@H](NC(=O)[C@H]1CCCN(S(=O)(=O)c2ccccc2)C1)C(=O)NCc1cccnc1. The highest BCUT2D eigenvalue weighted by Gasteiger charge is 2.34. The first-order valence-corrected chi connectivity index (χ1v) is 11.3. The van der Waals surface area contributed by atoms with E-state index in [1.807, 2.05) is 6.07 Å². The van der Waals surface area contributed by atoms with Crippen LogP contribution >= 0.6 is 0 Å². The predicted octanol–water partition coefficient (Wildman–Crippen LogP) is 1.30. The quantitative estimate of drug-likeness (QED) is 0.688. The van der Waals surface area contributed by atoms with Gasteiger partial charge in [-0.15, -0.1) is 0 Å². The molecule has 2 heterocycles. The molecule has 2 aromatic rings. The maximum Gasteiger partial charge on any atom is 0.243 e. The Balaban J connectivity index is 1.55. The third-order valence-electron chi connectivity index (χ3n) is 5.08. The Morgan fingerprint density at radius 1 is 1.20 bits per heavy atom. The van der Waals surface area contributed by atoms with E-state index in [2.05, 4.69) is 15.6 Å². The normalized spacial score (nSPS) is 18.4. The van der Waals surface area contributed by atoms with Crippen LogP contribution in [-0.2, 0) is 26.2 Å². The molecule has 0 radical (unpaired) electrons. The topological polar surface area (TPSA) is 108 Å². The zero-order valence-corrected chi connectivity index (χ0v) is 17.6. The van der Waals surface area contributed by atoms with Crippen LogP contribution in [0.1, 0.15) is 25.3 Å². The average Bonchev–Trinajstić information content (AvgIpc) is 2.78. The lowest BCUT2D eigenvalue weighted by Gasteiger charge is -2.31. The maximum absolute atomic E-state index is 12.8. The van der Waals surface area contributed by atoms with E-state index in [1.54, 1.807) is 55.7 Å². The minimum absolute atomic E-state index is 0.104. The first kappa shape index (κ1) is 21.9. The van der Waals surface area contributed by atoms with Crippen LogP contribution in [0, 0.1) is 5.92 Å². The van der Waals surface area contributed by atoms with Gasteiger partial charge in [0.05, 0.1) is 10.8 Å². The molecule has 1 fully saturated rings. The first-order chi connectivity index (χ1) is 14.4. The van der Waals surface area contributed by atoms with Gasteiger partial charge in [-0.1, -0.05) is 24.3 Å². The van der Waals surface area contributed by atoms with Gasteiger partial charge in [-0.05, 0) is 43.5 Å². The van der Waals surface area contributed by atoms with Crippen LogP contribution in [0.25, 0.3) is 0 Å². The number of benzene rings is 1. The lowest BCUT2D eigenvalue weighted by molar-refractivity contribution is -0.131. The molecule has 0 spiro atoms. The molecule has 30 heavy (non-hydrogen) atoms. The highest BCUT2D eigenvalue weighted by molar-refractivity contribution is 7.89. The lowest BCUT2D eigenvalue weighted by Crippen LogP contribution is -2.50. The van der Waals surface area contributed by atoms with E-state index in [0.29, 0.717) is 25.9 Å².